The molecule has 0 N–H and O–H groups in total. The topological polar surface area (TPSA) is 0 Å². The molecule has 0 aromatic rings. The van der Waals surface area contributed by atoms with Gasteiger partial charge in [0.25, 0.3) is 0 Å². The Bertz CT molecular complexity index is 263. The largest absolute Gasteiger partial charge is 0.0888 e. The highest BCUT2D eigenvalue weighted by molar-refractivity contribution is 9.09. The molecule has 0 aromatic carbocycles. The van der Waals surface area contributed by atoms with E-state index in [9.17, 15) is 0 Å². The zero-order chi connectivity index (χ0) is 21.0. The van der Waals surface area contributed by atoms with Crippen LogP contribution in [0.1, 0.15) is 143 Å². The van der Waals surface area contributed by atoms with Gasteiger partial charge in [0.2, 0.25) is 0 Å². The summed E-state index contributed by atoms with van der Waals surface area (Å²) < 4.78 is 0. The highest BCUT2D eigenvalue weighted by atomic mass is 79.9. The van der Waals surface area contributed by atoms with Crippen molar-refractivity contribution in [2.24, 2.45) is 0 Å². The molecule has 0 amide bonds. The highest BCUT2D eigenvalue weighted by Crippen LogP contribution is 2.10. The molecule has 0 bridgehead atoms. The molecular formula is C27H53Br. The van der Waals surface area contributed by atoms with Crippen LogP contribution >= 0.6 is 15.9 Å². The van der Waals surface area contributed by atoms with Gasteiger partial charge in [0, 0.05) is 5.33 Å². The second-order valence-corrected chi connectivity index (χ2v) is 8.68. The fourth-order valence-electron chi connectivity index (χ4n) is 3.26. The van der Waals surface area contributed by atoms with Crippen molar-refractivity contribution >= 4 is 15.9 Å². The molecule has 0 aliphatic heterocycles. The molecule has 0 fully saturated rings. The maximum Gasteiger partial charge on any atom is 0.0212 e. The van der Waals surface area contributed by atoms with E-state index in [2.05, 4.69) is 61.0 Å². The minimum atomic E-state index is 1.00. The third kappa shape index (κ3) is 33.5. The second-order valence-electron chi connectivity index (χ2n) is 8.03. The van der Waals surface area contributed by atoms with E-state index in [1.165, 1.54) is 122 Å². The molecule has 0 nitrogen and oxygen atoms in total. The van der Waals surface area contributed by atoms with Crippen LogP contribution in [0.2, 0.25) is 0 Å². The van der Waals surface area contributed by atoms with Gasteiger partial charge in [-0.1, -0.05) is 151 Å². The van der Waals surface area contributed by atoms with E-state index < -0.39 is 0 Å². The first kappa shape index (κ1) is 30.2. The lowest BCUT2D eigenvalue weighted by molar-refractivity contribution is 0.577. The Balaban J connectivity index is 0. The summed E-state index contributed by atoms with van der Waals surface area (Å²) in [6, 6.07) is 0. The van der Waals surface area contributed by atoms with E-state index in [0.29, 0.717) is 0 Å². The Labute approximate surface area is 188 Å². The zero-order valence-electron chi connectivity index (χ0n) is 19.8. The van der Waals surface area contributed by atoms with Gasteiger partial charge < -0.3 is 0 Å². The average Bonchev–Trinajstić information content (AvgIpc) is 2.71. The Kier molecular flexibility index (Phi) is 34.1. The number of alkyl halides is 1. The monoisotopic (exact) mass is 456 g/mol. The molecule has 0 heterocycles. The van der Waals surface area contributed by atoms with Gasteiger partial charge in [-0.2, -0.15) is 0 Å². The molecule has 28 heavy (non-hydrogen) atoms. The predicted octanol–water partition coefficient (Wildman–Crippen LogP) is 11.0. The number of unbranched alkanes of at least 4 members (excludes halogenated alkanes) is 16. The van der Waals surface area contributed by atoms with Gasteiger partial charge in [-0.25, -0.2) is 0 Å². The van der Waals surface area contributed by atoms with Gasteiger partial charge >= 0.3 is 0 Å². The molecule has 0 atom stereocenters. The lowest BCUT2D eigenvalue weighted by Crippen LogP contribution is -1.79. The van der Waals surface area contributed by atoms with Crippen LogP contribution in [-0.2, 0) is 0 Å². The van der Waals surface area contributed by atoms with Crippen molar-refractivity contribution in [3.05, 3.63) is 24.3 Å². The van der Waals surface area contributed by atoms with E-state index in [4.69, 9.17) is 0 Å². The van der Waals surface area contributed by atoms with E-state index in [-0.39, 0.29) is 0 Å². The average molecular weight is 458 g/mol. The first-order chi connectivity index (χ1) is 13.8. The first-order valence-electron chi connectivity index (χ1n) is 12.7. The Hall–Kier alpha value is -0.0400. The van der Waals surface area contributed by atoms with Gasteiger partial charge in [-0.05, 0) is 32.1 Å². The number of halogens is 1. The summed E-state index contributed by atoms with van der Waals surface area (Å²) in [7, 11) is 0. The van der Waals surface area contributed by atoms with Crippen LogP contribution in [-0.4, -0.2) is 5.33 Å². The fourth-order valence-corrected chi connectivity index (χ4v) is 3.52. The van der Waals surface area contributed by atoms with Crippen molar-refractivity contribution in [2.75, 3.05) is 5.33 Å². The van der Waals surface area contributed by atoms with Crippen molar-refractivity contribution in [3.8, 4) is 0 Å². The van der Waals surface area contributed by atoms with Crippen molar-refractivity contribution in [2.45, 2.75) is 143 Å². The van der Waals surface area contributed by atoms with Crippen molar-refractivity contribution in [1.29, 1.82) is 0 Å². The standard InChI is InChI=1S/C14H28.C13H25Br/c1-3-5-7-9-11-13-14-12-10-8-6-4-2;1-2-3-4-5-6-7-8-9-10-11-12-13-14/h5,7H,3-4,6,8-14H2,1-2H3;11-12H,2-10,13H2,1H3/b7-5+;12-11+. The molecule has 0 rings (SSSR count). The lowest BCUT2D eigenvalue weighted by atomic mass is 10.1. The van der Waals surface area contributed by atoms with Gasteiger partial charge in [-0.3, -0.25) is 0 Å². The van der Waals surface area contributed by atoms with E-state index in [1.807, 2.05) is 0 Å². The van der Waals surface area contributed by atoms with Crippen LogP contribution in [0, 0.1) is 0 Å². The van der Waals surface area contributed by atoms with Crippen molar-refractivity contribution in [1.82, 2.24) is 0 Å². The Morgan fingerprint density at radius 3 is 1.14 bits per heavy atom. The normalized spacial score (nSPS) is 11.3. The molecule has 0 spiro atoms. The molecule has 168 valence electrons. The van der Waals surface area contributed by atoms with Crippen LogP contribution in [0.15, 0.2) is 24.3 Å². The minimum Gasteiger partial charge on any atom is -0.0888 e. The summed E-state index contributed by atoms with van der Waals surface area (Å²) in [4.78, 5) is 0. The molecule has 0 aliphatic carbocycles. The summed E-state index contributed by atoms with van der Waals surface area (Å²) in [5, 5.41) is 1.00. The number of allylic oxidation sites excluding steroid dienone is 4. The molecule has 1 heteroatoms. The van der Waals surface area contributed by atoms with Crippen LogP contribution in [0.3, 0.4) is 0 Å². The van der Waals surface area contributed by atoms with Crippen LogP contribution in [0.5, 0.6) is 0 Å². The number of hydrogen-bond donors (Lipinski definition) is 0. The summed E-state index contributed by atoms with van der Waals surface area (Å²) in [6.07, 6.45) is 35.6. The van der Waals surface area contributed by atoms with Gasteiger partial charge in [0.15, 0.2) is 0 Å². The quantitative estimate of drug-likeness (QED) is 0.0968. The van der Waals surface area contributed by atoms with Crippen LogP contribution in [0.25, 0.3) is 0 Å². The summed E-state index contributed by atoms with van der Waals surface area (Å²) in [5.74, 6) is 0. The maximum absolute atomic E-state index is 3.38. The Morgan fingerprint density at radius 1 is 0.429 bits per heavy atom. The Morgan fingerprint density at radius 2 is 0.786 bits per heavy atom. The minimum absolute atomic E-state index is 1.00. The number of rotatable bonds is 20. The van der Waals surface area contributed by atoms with E-state index in [1.54, 1.807) is 0 Å². The number of hydrogen-bond acceptors (Lipinski definition) is 0. The zero-order valence-corrected chi connectivity index (χ0v) is 21.4. The fraction of sp³-hybridized carbons (Fsp3) is 0.852. The van der Waals surface area contributed by atoms with Crippen molar-refractivity contribution < 1.29 is 0 Å². The van der Waals surface area contributed by atoms with Gasteiger partial charge in [-0.15, -0.1) is 0 Å². The first-order valence-corrected chi connectivity index (χ1v) is 13.8. The molecule has 0 saturated heterocycles. The third-order valence-electron chi connectivity index (χ3n) is 5.11. The smallest absolute Gasteiger partial charge is 0.0212 e. The van der Waals surface area contributed by atoms with Gasteiger partial charge in [0.1, 0.15) is 0 Å². The van der Waals surface area contributed by atoms with Gasteiger partial charge in [0.05, 0.1) is 0 Å². The molecule has 0 saturated carbocycles. The second kappa shape index (κ2) is 31.6. The molecule has 0 unspecified atom stereocenters. The van der Waals surface area contributed by atoms with Crippen molar-refractivity contribution in [3.63, 3.8) is 0 Å². The predicted molar refractivity (Wildman–Crippen MR) is 137 cm³/mol. The highest BCUT2D eigenvalue weighted by Gasteiger charge is 1.90. The maximum atomic E-state index is 3.38. The third-order valence-corrected chi connectivity index (χ3v) is 5.48. The molecule has 0 radical (unpaired) electrons. The molecule has 0 aliphatic rings. The van der Waals surface area contributed by atoms with E-state index in [0.717, 1.165) is 5.33 Å². The summed E-state index contributed by atoms with van der Waals surface area (Å²) in [6.45, 7) is 6.75. The van der Waals surface area contributed by atoms with Crippen LogP contribution < -0.4 is 0 Å². The molecule has 0 aromatic heterocycles. The summed E-state index contributed by atoms with van der Waals surface area (Å²) >= 11 is 3.38. The molecular weight excluding hydrogens is 404 g/mol. The SMILES string of the molecule is CC/C=C/CCCCCCCCCC.CCCCCCCCCC/C=C/CBr. The lowest BCUT2D eigenvalue weighted by Gasteiger charge is -1.99. The van der Waals surface area contributed by atoms with E-state index >= 15 is 0 Å². The van der Waals surface area contributed by atoms with Crippen LogP contribution in [0.4, 0.5) is 0 Å². The summed E-state index contributed by atoms with van der Waals surface area (Å²) in [5.41, 5.74) is 0.